The first-order valence-corrected chi connectivity index (χ1v) is 11.0. The van der Waals surface area contributed by atoms with Crippen molar-refractivity contribution in [3.63, 3.8) is 0 Å². The molecule has 1 N–H and O–H groups in total. The molecule has 0 aliphatic carbocycles. The summed E-state index contributed by atoms with van der Waals surface area (Å²) in [5.74, 6) is 0.0670. The van der Waals surface area contributed by atoms with E-state index in [0.29, 0.717) is 17.0 Å². The highest BCUT2D eigenvalue weighted by molar-refractivity contribution is 7.99. The molecular formula is C24H18F3N3O3S. The normalized spacial score (nSPS) is 11.4. The van der Waals surface area contributed by atoms with Gasteiger partial charge in [0, 0.05) is 11.8 Å². The van der Waals surface area contributed by atoms with E-state index in [0.717, 1.165) is 28.5 Å². The zero-order valence-electron chi connectivity index (χ0n) is 17.8. The lowest BCUT2D eigenvalue weighted by atomic mass is 10.2. The molecule has 1 amide bonds. The van der Waals surface area contributed by atoms with Crippen LogP contribution in [0.15, 0.2) is 82.7 Å². The van der Waals surface area contributed by atoms with Crippen molar-refractivity contribution in [3.05, 3.63) is 88.7 Å². The highest BCUT2D eigenvalue weighted by Gasteiger charge is 2.31. The summed E-state index contributed by atoms with van der Waals surface area (Å²) in [6.45, 7) is 0. The number of amides is 1. The van der Waals surface area contributed by atoms with Crippen LogP contribution >= 0.6 is 11.8 Å². The molecule has 0 spiro atoms. The van der Waals surface area contributed by atoms with Gasteiger partial charge in [0.2, 0.25) is 5.91 Å². The first-order valence-electron chi connectivity index (χ1n) is 10.0. The van der Waals surface area contributed by atoms with Gasteiger partial charge in [0.25, 0.3) is 5.56 Å². The van der Waals surface area contributed by atoms with E-state index in [-0.39, 0.29) is 27.9 Å². The molecule has 1 aromatic heterocycles. The molecule has 0 radical (unpaired) electrons. The standard InChI is InChI=1S/C24H18F3N3O3S/c1-33-18-9-5-7-16(13-18)28-21(31)14-34-23-29-20-11-3-2-10-19(20)22(32)30(23)17-8-4-6-15(12-17)24(25,26)27/h2-13H,14H2,1H3,(H,28,31). The number of benzene rings is 3. The number of alkyl halides is 3. The summed E-state index contributed by atoms with van der Waals surface area (Å²) >= 11 is 0.949. The minimum atomic E-state index is -4.58. The number of methoxy groups -OCH3 is 1. The van der Waals surface area contributed by atoms with Crippen molar-refractivity contribution in [2.45, 2.75) is 11.3 Å². The number of thioether (sulfide) groups is 1. The maximum Gasteiger partial charge on any atom is 0.416 e. The van der Waals surface area contributed by atoms with E-state index < -0.39 is 17.3 Å². The van der Waals surface area contributed by atoms with Gasteiger partial charge < -0.3 is 10.1 Å². The molecule has 0 atom stereocenters. The summed E-state index contributed by atoms with van der Waals surface area (Å²) in [7, 11) is 1.51. The number of nitrogens with one attached hydrogen (secondary N) is 1. The SMILES string of the molecule is COc1cccc(NC(=O)CSc2nc3ccccc3c(=O)n2-c2cccc(C(F)(F)F)c2)c1. The Morgan fingerprint density at radius 3 is 2.59 bits per heavy atom. The topological polar surface area (TPSA) is 73.2 Å². The van der Waals surface area contributed by atoms with Crippen molar-refractivity contribution in [1.29, 1.82) is 0 Å². The van der Waals surface area contributed by atoms with Gasteiger partial charge in [-0.3, -0.25) is 14.2 Å². The third-order valence-corrected chi connectivity index (χ3v) is 5.80. The second-order valence-electron chi connectivity index (χ2n) is 7.17. The molecule has 1 heterocycles. The van der Waals surface area contributed by atoms with Crippen LogP contribution in [0.3, 0.4) is 0 Å². The number of hydrogen-bond donors (Lipinski definition) is 1. The molecule has 0 bridgehead atoms. The van der Waals surface area contributed by atoms with Crippen LogP contribution in [0.2, 0.25) is 0 Å². The molecule has 6 nitrogen and oxygen atoms in total. The van der Waals surface area contributed by atoms with Crippen LogP contribution in [0.1, 0.15) is 5.56 Å². The van der Waals surface area contributed by atoms with E-state index in [4.69, 9.17) is 4.74 Å². The van der Waals surface area contributed by atoms with Crippen LogP contribution in [-0.4, -0.2) is 28.3 Å². The van der Waals surface area contributed by atoms with Gasteiger partial charge >= 0.3 is 6.18 Å². The van der Waals surface area contributed by atoms with Crippen molar-refractivity contribution >= 4 is 34.3 Å². The van der Waals surface area contributed by atoms with Gasteiger partial charge in [-0.1, -0.05) is 36.0 Å². The molecule has 10 heteroatoms. The summed E-state index contributed by atoms with van der Waals surface area (Å²) in [4.78, 5) is 30.2. The molecular weight excluding hydrogens is 467 g/mol. The highest BCUT2D eigenvalue weighted by atomic mass is 32.2. The van der Waals surface area contributed by atoms with Crippen molar-refractivity contribution < 1.29 is 22.7 Å². The Morgan fingerprint density at radius 2 is 1.82 bits per heavy atom. The van der Waals surface area contributed by atoms with E-state index in [1.807, 2.05) is 0 Å². The van der Waals surface area contributed by atoms with Gasteiger partial charge in [-0.15, -0.1) is 0 Å². The van der Waals surface area contributed by atoms with Crippen LogP contribution in [0.5, 0.6) is 5.75 Å². The first kappa shape index (κ1) is 23.4. The quantitative estimate of drug-likeness (QED) is 0.302. The number of carbonyl (C=O) groups is 1. The van der Waals surface area contributed by atoms with E-state index in [1.165, 1.54) is 19.2 Å². The van der Waals surface area contributed by atoms with Crippen molar-refractivity contribution in [1.82, 2.24) is 9.55 Å². The number of fused-ring (bicyclic) bond motifs is 1. The average Bonchev–Trinajstić information content (AvgIpc) is 2.82. The van der Waals surface area contributed by atoms with Crippen LogP contribution < -0.4 is 15.6 Å². The summed E-state index contributed by atoms with van der Waals surface area (Å²) in [6.07, 6.45) is -4.58. The van der Waals surface area contributed by atoms with Crippen LogP contribution in [-0.2, 0) is 11.0 Å². The number of halogens is 3. The minimum Gasteiger partial charge on any atom is -0.497 e. The summed E-state index contributed by atoms with van der Waals surface area (Å²) in [5.41, 5.74) is -0.510. The molecule has 0 saturated carbocycles. The predicted molar refractivity (Wildman–Crippen MR) is 125 cm³/mol. The largest absolute Gasteiger partial charge is 0.497 e. The predicted octanol–water partition coefficient (Wildman–Crippen LogP) is 5.14. The fraction of sp³-hybridized carbons (Fsp3) is 0.125. The second-order valence-corrected chi connectivity index (χ2v) is 8.11. The minimum absolute atomic E-state index is 0.00813. The summed E-state index contributed by atoms with van der Waals surface area (Å²) in [6, 6.07) is 17.8. The Bertz CT molecular complexity index is 1420. The lowest BCUT2D eigenvalue weighted by Gasteiger charge is -2.15. The van der Waals surface area contributed by atoms with E-state index in [9.17, 15) is 22.8 Å². The number of rotatable bonds is 6. The monoisotopic (exact) mass is 485 g/mol. The van der Waals surface area contributed by atoms with Gasteiger partial charge in [-0.2, -0.15) is 13.2 Å². The Balaban J connectivity index is 1.69. The second kappa shape index (κ2) is 9.60. The van der Waals surface area contributed by atoms with Crippen LogP contribution in [0.4, 0.5) is 18.9 Å². The first-order chi connectivity index (χ1) is 16.3. The average molecular weight is 485 g/mol. The molecule has 0 saturated heterocycles. The maximum atomic E-state index is 13.3. The van der Waals surface area contributed by atoms with E-state index >= 15 is 0 Å². The zero-order chi connectivity index (χ0) is 24.3. The Labute approximate surface area is 196 Å². The lowest BCUT2D eigenvalue weighted by Crippen LogP contribution is -2.23. The summed E-state index contributed by atoms with van der Waals surface area (Å²) < 4.78 is 46.1. The van der Waals surface area contributed by atoms with Crippen LogP contribution in [0, 0.1) is 0 Å². The van der Waals surface area contributed by atoms with Gasteiger partial charge in [0.05, 0.1) is 35.0 Å². The summed E-state index contributed by atoms with van der Waals surface area (Å²) in [5, 5.41) is 3.08. The van der Waals surface area contributed by atoms with Gasteiger partial charge in [0.1, 0.15) is 5.75 Å². The number of para-hydroxylation sites is 1. The molecule has 0 aliphatic heterocycles. The number of anilines is 1. The Kier molecular flexibility index (Phi) is 6.60. The Hall–Kier alpha value is -3.79. The molecule has 0 aliphatic rings. The molecule has 0 fully saturated rings. The molecule has 174 valence electrons. The number of hydrogen-bond acceptors (Lipinski definition) is 5. The van der Waals surface area contributed by atoms with Crippen LogP contribution in [0.25, 0.3) is 16.6 Å². The third kappa shape index (κ3) is 5.07. The zero-order valence-corrected chi connectivity index (χ0v) is 18.6. The number of nitrogens with zero attached hydrogens (tertiary/aromatic N) is 2. The van der Waals surface area contributed by atoms with Crippen molar-refractivity contribution in [2.24, 2.45) is 0 Å². The van der Waals surface area contributed by atoms with E-state index in [2.05, 4.69) is 10.3 Å². The molecule has 34 heavy (non-hydrogen) atoms. The molecule has 3 aromatic carbocycles. The van der Waals surface area contributed by atoms with Crippen molar-refractivity contribution in [2.75, 3.05) is 18.2 Å². The van der Waals surface area contributed by atoms with E-state index in [1.54, 1.807) is 48.5 Å². The lowest BCUT2D eigenvalue weighted by molar-refractivity contribution is -0.137. The van der Waals surface area contributed by atoms with Gasteiger partial charge in [0.15, 0.2) is 5.16 Å². The van der Waals surface area contributed by atoms with Crippen molar-refractivity contribution in [3.8, 4) is 11.4 Å². The third-order valence-electron chi connectivity index (χ3n) is 4.86. The smallest absolute Gasteiger partial charge is 0.416 e. The van der Waals surface area contributed by atoms with Gasteiger partial charge in [-0.25, -0.2) is 4.98 Å². The number of aromatic nitrogens is 2. The fourth-order valence-corrected chi connectivity index (χ4v) is 4.10. The maximum absolute atomic E-state index is 13.3. The molecule has 0 unspecified atom stereocenters. The number of ether oxygens (including phenoxy) is 1. The Morgan fingerprint density at radius 1 is 1.06 bits per heavy atom. The van der Waals surface area contributed by atoms with Gasteiger partial charge in [-0.05, 0) is 42.5 Å². The highest BCUT2D eigenvalue weighted by Crippen LogP contribution is 2.31. The molecule has 4 rings (SSSR count). The number of carbonyl (C=O) groups excluding carboxylic acids is 1. The fourth-order valence-electron chi connectivity index (χ4n) is 3.29. The molecule has 4 aromatic rings.